The van der Waals surface area contributed by atoms with Crippen LogP contribution in [0.25, 0.3) is 0 Å². The number of amides is 2. The lowest BCUT2D eigenvalue weighted by Gasteiger charge is -2.26. The summed E-state index contributed by atoms with van der Waals surface area (Å²) in [7, 11) is 0. The Hall–Kier alpha value is -3.90. The fraction of sp³-hybridized carbons (Fsp3) is 0.407. The van der Waals surface area contributed by atoms with E-state index in [1.54, 1.807) is 18.3 Å². The van der Waals surface area contributed by atoms with Crippen molar-refractivity contribution in [2.45, 2.75) is 45.4 Å². The average molecular weight is 488 g/mol. The average Bonchev–Trinajstić information content (AvgIpc) is 3.33. The second-order valence-corrected chi connectivity index (χ2v) is 9.85. The second-order valence-electron chi connectivity index (χ2n) is 9.85. The number of rotatable bonds is 6. The summed E-state index contributed by atoms with van der Waals surface area (Å²) in [4.78, 5) is 23.4. The highest BCUT2D eigenvalue weighted by atomic mass is 16.5. The molecule has 2 aromatic heterocycles. The number of hydrogen-bond donors (Lipinski definition) is 3. The third kappa shape index (κ3) is 7.30. The van der Waals surface area contributed by atoms with Crippen molar-refractivity contribution in [3.63, 3.8) is 0 Å². The Morgan fingerprint density at radius 2 is 1.94 bits per heavy atom. The van der Waals surface area contributed by atoms with Gasteiger partial charge in [0.05, 0.1) is 5.56 Å². The normalized spacial score (nSPS) is 14.0. The Balaban J connectivity index is 1.35. The second kappa shape index (κ2) is 11.7. The van der Waals surface area contributed by atoms with Crippen molar-refractivity contribution >= 4 is 23.4 Å². The lowest BCUT2D eigenvalue weighted by molar-refractivity contribution is 0.237. The number of carbonyl (C=O) groups excluding carboxylic acids is 1. The van der Waals surface area contributed by atoms with Gasteiger partial charge in [0.1, 0.15) is 17.9 Å². The van der Waals surface area contributed by atoms with Crippen LogP contribution in [0.4, 0.5) is 22.1 Å². The van der Waals surface area contributed by atoms with Crippen molar-refractivity contribution in [2.75, 3.05) is 42.1 Å². The quantitative estimate of drug-likeness (QED) is 0.432. The summed E-state index contributed by atoms with van der Waals surface area (Å²) >= 11 is 0. The first-order valence-electron chi connectivity index (χ1n) is 12.3. The van der Waals surface area contributed by atoms with Crippen molar-refractivity contribution in [3.05, 3.63) is 59.7 Å². The van der Waals surface area contributed by atoms with Gasteiger partial charge >= 0.3 is 6.03 Å². The van der Waals surface area contributed by atoms with Crippen molar-refractivity contribution in [2.24, 2.45) is 0 Å². The molecule has 0 aliphatic carbocycles. The van der Waals surface area contributed by atoms with Crippen LogP contribution in [0.1, 0.15) is 56.9 Å². The molecule has 0 atom stereocenters. The predicted molar refractivity (Wildman–Crippen MR) is 141 cm³/mol. The molecule has 1 aromatic carbocycles. The molecule has 1 fully saturated rings. The zero-order valence-corrected chi connectivity index (χ0v) is 21.1. The third-order valence-corrected chi connectivity index (χ3v) is 5.83. The zero-order valence-electron chi connectivity index (χ0n) is 21.1. The van der Waals surface area contributed by atoms with Crippen LogP contribution < -0.4 is 16.0 Å². The number of anilines is 3. The van der Waals surface area contributed by atoms with Crippen molar-refractivity contribution < 1.29 is 9.32 Å². The summed E-state index contributed by atoms with van der Waals surface area (Å²) < 4.78 is 5.31. The van der Waals surface area contributed by atoms with Crippen LogP contribution in [0.5, 0.6) is 0 Å². The van der Waals surface area contributed by atoms with Gasteiger partial charge in [0.15, 0.2) is 5.82 Å². The highest BCUT2D eigenvalue weighted by Gasteiger charge is 2.20. The first kappa shape index (κ1) is 25.2. The molecule has 0 bridgehead atoms. The fourth-order valence-corrected chi connectivity index (χ4v) is 3.86. The molecule has 3 heterocycles. The Kier molecular flexibility index (Phi) is 8.18. The molecule has 188 valence electrons. The number of piperidine rings is 1. The third-order valence-electron chi connectivity index (χ3n) is 5.83. The molecule has 2 amide bonds. The molecule has 0 saturated carbocycles. The fourth-order valence-electron chi connectivity index (χ4n) is 3.86. The number of nitrogens with one attached hydrogen (secondary N) is 3. The minimum atomic E-state index is -0.412. The monoisotopic (exact) mass is 487 g/mol. The van der Waals surface area contributed by atoms with Gasteiger partial charge in [-0.15, -0.1) is 0 Å². The van der Waals surface area contributed by atoms with Crippen LogP contribution in [-0.4, -0.2) is 52.2 Å². The van der Waals surface area contributed by atoms with Crippen molar-refractivity contribution in [3.8, 4) is 11.8 Å². The molecule has 0 unspecified atom stereocenters. The van der Waals surface area contributed by atoms with E-state index in [2.05, 4.69) is 47.8 Å². The van der Waals surface area contributed by atoms with Crippen molar-refractivity contribution in [1.29, 1.82) is 0 Å². The predicted octanol–water partition coefficient (Wildman–Crippen LogP) is 4.70. The molecule has 36 heavy (non-hydrogen) atoms. The number of aromatic nitrogens is 3. The highest BCUT2D eigenvalue weighted by molar-refractivity contribution is 5.99. The van der Waals surface area contributed by atoms with Gasteiger partial charge in [-0.1, -0.05) is 50.3 Å². The van der Waals surface area contributed by atoms with Gasteiger partial charge in [0.2, 0.25) is 0 Å². The Morgan fingerprint density at radius 1 is 1.11 bits per heavy atom. The maximum atomic E-state index is 12.4. The van der Waals surface area contributed by atoms with Crippen LogP contribution in [0.3, 0.4) is 0 Å². The minimum Gasteiger partial charge on any atom is -0.368 e. The van der Waals surface area contributed by atoms with E-state index in [9.17, 15) is 4.79 Å². The SMILES string of the molecule is CC(C)(C)c1cc(NC(=O)Nc2cccc(C#Cc3cncnc3NCCN3CCCCC3)c2)no1. The first-order chi connectivity index (χ1) is 17.4. The Bertz CT molecular complexity index is 1230. The van der Waals surface area contributed by atoms with E-state index in [-0.39, 0.29) is 5.41 Å². The largest absolute Gasteiger partial charge is 0.368 e. The maximum absolute atomic E-state index is 12.4. The summed E-state index contributed by atoms with van der Waals surface area (Å²) in [5.41, 5.74) is 1.91. The molecule has 9 nitrogen and oxygen atoms in total. The van der Waals surface area contributed by atoms with E-state index in [1.807, 2.05) is 39.0 Å². The standard InChI is InChI=1S/C27H33N7O2/c1-27(2,3)23-17-24(33-36-23)32-26(35)31-22-9-7-8-20(16-22)10-11-21-18-28-19-30-25(21)29-12-15-34-13-5-4-6-14-34/h7-9,16-19H,4-6,12-15H2,1-3H3,(H,28,29,30)(H2,31,32,33,35). The highest BCUT2D eigenvalue weighted by Crippen LogP contribution is 2.24. The smallest absolute Gasteiger partial charge is 0.324 e. The van der Waals surface area contributed by atoms with Gasteiger partial charge in [-0.2, -0.15) is 0 Å². The van der Waals surface area contributed by atoms with Crippen LogP contribution >= 0.6 is 0 Å². The Labute approximate surface area is 212 Å². The summed E-state index contributed by atoms with van der Waals surface area (Å²) in [5, 5.41) is 12.8. The van der Waals surface area contributed by atoms with Gasteiger partial charge in [0, 0.05) is 42.0 Å². The van der Waals surface area contributed by atoms with Crippen LogP contribution in [0.15, 0.2) is 47.4 Å². The lowest BCUT2D eigenvalue weighted by atomic mass is 9.93. The number of urea groups is 1. The lowest BCUT2D eigenvalue weighted by Crippen LogP contribution is -2.33. The van der Waals surface area contributed by atoms with E-state index in [0.717, 1.165) is 43.1 Å². The molecular weight excluding hydrogens is 454 g/mol. The molecule has 0 spiro atoms. The van der Waals surface area contributed by atoms with Crippen molar-refractivity contribution in [1.82, 2.24) is 20.0 Å². The van der Waals surface area contributed by atoms with E-state index < -0.39 is 6.03 Å². The topological polar surface area (TPSA) is 108 Å². The number of benzene rings is 1. The summed E-state index contributed by atoms with van der Waals surface area (Å²) in [5.74, 6) is 8.08. The molecule has 1 aliphatic rings. The zero-order chi connectivity index (χ0) is 25.4. The van der Waals surface area contributed by atoms with E-state index in [1.165, 1.54) is 25.6 Å². The molecular formula is C27H33N7O2. The summed E-state index contributed by atoms with van der Waals surface area (Å²) in [6, 6.07) is 8.65. The van der Waals surface area contributed by atoms with Crippen LogP contribution in [0, 0.1) is 11.8 Å². The summed E-state index contributed by atoms with van der Waals surface area (Å²) in [6.45, 7) is 10.2. The first-order valence-corrected chi connectivity index (χ1v) is 12.3. The number of nitrogens with zero attached hydrogens (tertiary/aromatic N) is 4. The van der Waals surface area contributed by atoms with Gasteiger partial charge in [-0.25, -0.2) is 14.8 Å². The van der Waals surface area contributed by atoms with Gasteiger partial charge in [0.25, 0.3) is 0 Å². The van der Waals surface area contributed by atoms with E-state index in [4.69, 9.17) is 4.52 Å². The molecule has 4 rings (SSSR count). The Morgan fingerprint density at radius 3 is 2.72 bits per heavy atom. The summed E-state index contributed by atoms with van der Waals surface area (Å²) in [6.07, 6.45) is 7.12. The van der Waals surface area contributed by atoms with Crippen LogP contribution in [0.2, 0.25) is 0 Å². The van der Waals surface area contributed by atoms with E-state index >= 15 is 0 Å². The number of hydrogen-bond acceptors (Lipinski definition) is 7. The molecule has 9 heteroatoms. The molecule has 1 saturated heterocycles. The van der Waals surface area contributed by atoms with Gasteiger partial charge < -0.3 is 20.1 Å². The van der Waals surface area contributed by atoms with Gasteiger partial charge in [-0.05, 0) is 44.1 Å². The number of likely N-dealkylation sites (tertiary alicyclic amines) is 1. The minimum absolute atomic E-state index is 0.192. The number of carbonyl (C=O) groups is 1. The van der Waals surface area contributed by atoms with E-state index in [0.29, 0.717) is 17.3 Å². The molecule has 1 aliphatic heterocycles. The molecule has 0 radical (unpaired) electrons. The molecule has 3 N–H and O–H groups in total. The molecule has 3 aromatic rings. The van der Waals surface area contributed by atoms with Gasteiger partial charge in [-0.3, -0.25) is 5.32 Å². The maximum Gasteiger partial charge on any atom is 0.324 e. The van der Waals surface area contributed by atoms with Crippen LogP contribution in [-0.2, 0) is 5.41 Å².